The van der Waals surface area contributed by atoms with Crippen molar-refractivity contribution in [1.29, 1.82) is 0 Å². The lowest BCUT2D eigenvalue weighted by atomic mass is 10.1. The number of nitrogens with one attached hydrogen (secondary N) is 1. The van der Waals surface area contributed by atoms with Gasteiger partial charge < -0.3 is 10.5 Å². The topological polar surface area (TPSA) is 107 Å². The molecule has 0 aliphatic rings. The Morgan fingerprint density at radius 1 is 1.47 bits per heavy atom. The lowest BCUT2D eigenvalue weighted by Crippen LogP contribution is -2.27. The Morgan fingerprint density at radius 3 is 2.58 bits per heavy atom. The first kappa shape index (κ1) is 14.9. The van der Waals surface area contributed by atoms with E-state index in [1.807, 2.05) is 0 Å². The molecule has 0 unspecified atom stereocenters. The van der Waals surface area contributed by atoms with E-state index >= 15 is 0 Å². The van der Waals surface area contributed by atoms with Crippen LogP contribution in [0.25, 0.3) is 0 Å². The standard InChI is InChI=1S/C12H17N3O4/c1-12(2,3)19-11(16)14-9-5-4-8(7-13)6-10(9)15(17)18/h4-6H,7,13H2,1-3H3,(H,14,16). The second-order valence-corrected chi connectivity index (χ2v) is 4.94. The predicted molar refractivity (Wildman–Crippen MR) is 70.8 cm³/mol. The Bertz CT molecular complexity index is 494. The molecular formula is C12H17N3O4. The summed E-state index contributed by atoms with van der Waals surface area (Å²) in [6.45, 7) is 5.31. The van der Waals surface area contributed by atoms with Gasteiger partial charge in [-0.1, -0.05) is 6.07 Å². The highest BCUT2D eigenvalue weighted by Crippen LogP contribution is 2.26. The number of benzene rings is 1. The molecule has 0 aliphatic carbocycles. The molecule has 7 nitrogen and oxygen atoms in total. The number of nitrogens with zero attached hydrogens (tertiary/aromatic N) is 1. The zero-order valence-corrected chi connectivity index (χ0v) is 11.1. The Kier molecular flexibility index (Phi) is 4.44. The van der Waals surface area contributed by atoms with Gasteiger partial charge in [-0.2, -0.15) is 0 Å². The van der Waals surface area contributed by atoms with Gasteiger partial charge in [-0.15, -0.1) is 0 Å². The average Bonchev–Trinajstić information content (AvgIpc) is 2.26. The third-order valence-electron chi connectivity index (χ3n) is 2.13. The molecular weight excluding hydrogens is 250 g/mol. The Hall–Kier alpha value is -2.15. The molecule has 1 amide bonds. The van der Waals surface area contributed by atoms with Crippen LogP contribution in [0.3, 0.4) is 0 Å². The second kappa shape index (κ2) is 5.66. The van der Waals surface area contributed by atoms with E-state index in [1.165, 1.54) is 12.1 Å². The molecule has 104 valence electrons. The smallest absolute Gasteiger partial charge is 0.412 e. The van der Waals surface area contributed by atoms with Crippen molar-refractivity contribution in [3.8, 4) is 0 Å². The Labute approximate surface area is 110 Å². The fourth-order valence-electron chi connectivity index (χ4n) is 1.37. The van der Waals surface area contributed by atoms with Crippen molar-refractivity contribution in [2.75, 3.05) is 5.32 Å². The van der Waals surface area contributed by atoms with Crippen LogP contribution >= 0.6 is 0 Å². The summed E-state index contributed by atoms with van der Waals surface area (Å²) in [5.74, 6) is 0. The number of carbonyl (C=O) groups excluding carboxylic acids is 1. The highest BCUT2D eigenvalue weighted by Gasteiger charge is 2.20. The van der Waals surface area contributed by atoms with E-state index in [0.717, 1.165) is 0 Å². The molecule has 1 rings (SSSR count). The number of nitro benzene ring substituents is 1. The fraction of sp³-hybridized carbons (Fsp3) is 0.417. The third-order valence-corrected chi connectivity index (χ3v) is 2.13. The Balaban J connectivity index is 2.95. The number of ether oxygens (including phenoxy) is 1. The highest BCUT2D eigenvalue weighted by molar-refractivity contribution is 5.88. The van der Waals surface area contributed by atoms with Gasteiger partial charge in [0, 0.05) is 12.6 Å². The van der Waals surface area contributed by atoms with Gasteiger partial charge in [0.05, 0.1) is 4.92 Å². The quantitative estimate of drug-likeness (QED) is 0.645. The molecule has 0 fully saturated rings. The summed E-state index contributed by atoms with van der Waals surface area (Å²) in [6.07, 6.45) is -0.740. The predicted octanol–water partition coefficient (Wildman–Crippen LogP) is 2.40. The van der Waals surface area contributed by atoms with Crippen LogP contribution in [0.4, 0.5) is 16.2 Å². The molecule has 0 heterocycles. The molecule has 0 spiro atoms. The molecule has 0 aliphatic heterocycles. The van der Waals surface area contributed by atoms with Crippen molar-refractivity contribution in [3.05, 3.63) is 33.9 Å². The van der Waals surface area contributed by atoms with Crippen LogP contribution in [-0.4, -0.2) is 16.6 Å². The summed E-state index contributed by atoms with van der Waals surface area (Å²) in [5, 5.41) is 13.3. The summed E-state index contributed by atoms with van der Waals surface area (Å²) in [7, 11) is 0. The third kappa shape index (κ3) is 4.55. The van der Waals surface area contributed by atoms with Crippen molar-refractivity contribution in [3.63, 3.8) is 0 Å². The summed E-state index contributed by atoms with van der Waals surface area (Å²) in [5.41, 5.74) is 5.23. The number of rotatable bonds is 3. The first-order chi connectivity index (χ1) is 8.73. The molecule has 1 aromatic rings. The van der Waals surface area contributed by atoms with Gasteiger partial charge in [-0.25, -0.2) is 4.79 Å². The summed E-state index contributed by atoms with van der Waals surface area (Å²) in [4.78, 5) is 21.9. The number of carbonyl (C=O) groups is 1. The molecule has 0 atom stereocenters. The van der Waals surface area contributed by atoms with Gasteiger partial charge in [0.25, 0.3) is 5.69 Å². The fourth-order valence-corrected chi connectivity index (χ4v) is 1.37. The normalized spacial score (nSPS) is 10.9. The van der Waals surface area contributed by atoms with E-state index in [-0.39, 0.29) is 17.9 Å². The van der Waals surface area contributed by atoms with Gasteiger partial charge in [0.15, 0.2) is 0 Å². The van der Waals surface area contributed by atoms with Crippen molar-refractivity contribution in [2.45, 2.75) is 32.9 Å². The van der Waals surface area contributed by atoms with E-state index in [0.29, 0.717) is 5.56 Å². The van der Waals surface area contributed by atoms with Crippen molar-refractivity contribution >= 4 is 17.5 Å². The van der Waals surface area contributed by atoms with Crippen LogP contribution in [0.1, 0.15) is 26.3 Å². The summed E-state index contributed by atoms with van der Waals surface area (Å²) >= 11 is 0. The zero-order chi connectivity index (χ0) is 14.6. The van der Waals surface area contributed by atoms with Crippen LogP contribution < -0.4 is 11.1 Å². The number of nitrogens with two attached hydrogens (primary N) is 1. The monoisotopic (exact) mass is 267 g/mol. The lowest BCUT2D eigenvalue weighted by Gasteiger charge is -2.19. The van der Waals surface area contributed by atoms with Gasteiger partial charge in [-0.3, -0.25) is 15.4 Å². The van der Waals surface area contributed by atoms with E-state index in [9.17, 15) is 14.9 Å². The molecule has 19 heavy (non-hydrogen) atoms. The molecule has 0 saturated heterocycles. The van der Waals surface area contributed by atoms with Crippen molar-refractivity contribution in [1.82, 2.24) is 0 Å². The van der Waals surface area contributed by atoms with E-state index in [1.54, 1.807) is 26.8 Å². The molecule has 0 radical (unpaired) electrons. The number of anilines is 1. The summed E-state index contributed by atoms with van der Waals surface area (Å²) < 4.78 is 5.04. The Morgan fingerprint density at radius 2 is 2.11 bits per heavy atom. The highest BCUT2D eigenvalue weighted by atomic mass is 16.6. The van der Waals surface area contributed by atoms with Gasteiger partial charge in [0.2, 0.25) is 0 Å². The van der Waals surface area contributed by atoms with Crippen LogP contribution in [0.2, 0.25) is 0 Å². The van der Waals surface area contributed by atoms with Crippen LogP contribution in [-0.2, 0) is 11.3 Å². The first-order valence-electron chi connectivity index (χ1n) is 5.70. The zero-order valence-electron chi connectivity index (χ0n) is 11.1. The maximum absolute atomic E-state index is 11.6. The van der Waals surface area contributed by atoms with Gasteiger partial charge in [-0.05, 0) is 32.4 Å². The lowest BCUT2D eigenvalue weighted by molar-refractivity contribution is -0.384. The SMILES string of the molecule is CC(C)(C)OC(=O)Nc1ccc(CN)cc1[N+](=O)[O-]. The summed E-state index contributed by atoms with van der Waals surface area (Å²) in [6, 6.07) is 4.37. The minimum absolute atomic E-state index is 0.0800. The maximum Gasteiger partial charge on any atom is 0.412 e. The van der Waals surface area contributed by atoms with E-state index in [2.05, 4.69) is 5.32 Å². The maximum atomic E-state index is 11.6. The molecule has 0 aromatic heterocycles. The van der Waals surface area contributed by atoms with Crippen molar-refractivity contribution in [2.24, 2.45) is 5.73 Å². The average molecular weight is 267 g/mol. The molecule has 0 bridgehead atoms. The van der Waals surface area contributed by atoms with E-state index in [4.69, 9.17) is 10.5 Å². The number of nitro groups is 1. The largest absolute Gasteiger partial charge is 0.444 e. The number of amides is 1. The van der Waals surface area contributed by atoms with E-state index < -0.39 is 16.6 Å². The van der Waals surface area contributed by atoms with Crippen LogP contribution in [0.5, 0.6) is 0 Å². The van der Waals surface area contributed by atoms with Gasteiger partial charge in [0.1, 0.15) is 11.3 Å². The number of hydrogen-bond acceptors (Lipinski definition) is 5. The second-order valence-electron chi connectivity index (χ2n) is 4.94. The molecule has 0 saturated carbocycles. The minimum atomic E-state index is -0.740. The number of hydrogen-bond donors (Lipinski definition) is 2. The molecule has 1 aromatic carbocycles. The van der Waals surface area contributed by atoms with Crippen molar-refractivity contribution < 1.29 is 14.5 Å². The van der Waals surface area contributed by atoms with Crippen LogP contribution in [0, 0.1) is 10.1 Å². The van der Waals surface area contributed by atoms with Gasteiger partial charge >= 0.3 is 6.09 Å². The molecule has 3 N–H and O–H groups in total. The minimum Gasteiger partial charge on any atom is -0.444 e. The molecule has 7 heteroatoms. The van der Waals surface area contributed by atoms with Crippen LogP contribution in [0.15, 0.2) is 18.2 Å². The first-order valence-corrected chi connectivity index (χ1v) is 5.70.